The van der Waals surface area contributed by atoms with E-state index in [0.717, 1.165) is 4.47 Å². The Kier molecular flexibility index (Phi) is 5.07. The van der Waals surface area contributed by atoms with Gasteiger partial charge in [-0.05, 0) is 30.7 Å². The number of amides is 1. The smallest absolute Gasteiger partial charge is 0.282 e. The third-order valence-corrected chi connectivity index (χ3v) is 3.47. The Morgan fingerprint density at radius 2 is 2.09 bits per heavy atom. The topological polar surface area (TPSA) is 105 Å². The lowest BCUT2D eigenvalue weighted by Gasteiger charge is -2.04. The van der Waals surface area contributed by atoms with E-state index in [1.165, 1.54) is 30.5 Å². The fraction of sp³-hybridized carbons (Fsp3) is 0.0667. The average molecular weight is 378 g/mol. The Balaban J connectivity index is 2.19. The van der Waals surface area contributed by atoms with Crippen molar-refractivity contribution in [1.82, 2.24) is 5.43 Å². The zero-order valence-electron chi connectivity index (χ0n) is 12.0. The first kappa shape index (κ1) is 16.6. The summed E-state index contributed by atoms with van der Waals surface area (Å²) in [6, 6.07) is 8.93. The molecule has 1 amide bonds. The molecule has 7 nitrogen and oxygen atoms in total. The standard InChI is InChI=1S/C15H12BrN3O4/c1-9-6-11(16)7-10(14(9)20)8-17-18-15(21)12-4-2-3-5-13(12)19(22)23/h2-8,20H,1H3,(H,18,21)/b17-8-. The normalized spacial score (nSPS) is 10.7. The highest BCUT2D eigenvalue weighted by Gasteiger charge is 2.18. The molecule has 0 aliphatic heterocycles. The molecule has 118 valence electrons. The minimum absolute atomic E-state index is 0.0388. The predicted molar refractivity (Wildman–Crippen MR) is 88.7 cm³/mol. The molecule has 0 fully saturated rings. The van der Waals surface area contributed by atoms with Crippen LogP contribution in [0.15, 0.2) is 46.0 Å². The van der Waals surface area contributed by atoms with Crippen LogP contribution in [0.4, 0.5) is 5.69 Å². The summed E-state index contributed by atoms with van der Waals surface area (Å²) in [6.45, 7) is 1.73. The molecule has 0 radical (unpaired) electrons. The van der Waals surface area contributed by atoms with Gasteiger partial charge in [0.05, 0.1) is 11.1 Å². The molecular formula is C15H12BrN3O4. The number of carbonyl (C=O) groups excluding carboxylic acids is 1. The van der Waals surface area contributed by atoms with E-state index in [4.69, 9.17) is 0 Å². The molecule has 0 saturated carbocycles. The van der Waals surface area contributed by atoms with Crippen molar-refractivity contribution in [1.29, 1.82) is 0 Å². The van der Waals surface area contributed by atoms with Crippen molar-refractivity contribution in [3.8, 4) is 5.75 Å². The summed E-state index contributed by atoms with van der Waals surface area (Å²) in [5, 5.41) is 24.5. The van der Waals surface area contributed by atoms with Crippen molar-refractivity contribution < 1.29 is 14.8 Å². The van der Waals surface area contributed by atoms with Gasteiger partial charge in [-0.3, -0.25) is 14.9 Å². The molecule has 23 heavy (non-hydrogen) atoms. The van der Waals surface area contributed by atoms with E-state index in [-0.39, 0.29) is 17.0 Å². The molecule has 0 spiro atoms. The van der Waals surface area contributed by atoms with Crippen LogP contribution >= 0.6 is 15.9 Å². The summed E-state index contributed by atoms with van der Waals surface area (Å²) in [4.78, 5) is 22.2. The molecule has 0 aliphatic rings. The van der Waals surface area contributed by atoms with E-state index in [1.807, 2.05) is 0 Å². The molecule has 2 rings (SSSR count). The number of nitro groups is 1. The van der Waals surface area contributed by atoms with Gasteiger partial charge in [0.15, 0.2) is 0 Å². The van der Waals surface area contributed by atoms with E-state index in [0.29, 0.717) is 11.1 Å². The number of hydrazone groups is 1. The summed E-state index contributed by atoms with van der Waals surface area (Å²) >= 11 is 3.30. The Morgan fingerprint density at radius 1 is 1.39 bits per heavy atom. The van der Waals surface area contributed by atoms with Crippen LogP contribution in [-0.2, 0) is 0 Å². The second-order valence-corrected chi connectivity index (χ2v) is 5.55. The average Bonchev–Trinajstić information content (AvgIpc) is 2.51. The van der Waals surface area contributed by atoms with Crippen LogP contribution in [0.3, 0.4) is 0 Å². The molecule has 2 aromatic rings. The van der Waals surface area contributed by atoms with Gasteiger partial charge in [-0.15, -0.1) is 0 Å². The van der Waals surface area contributed by atoms with Crippen LogP contribution in [0.1, 0.15) is 21.5 Å². The fourth-order valence-corrected chi connectivity index (χ4v) is 2.50. The van der Waals surface area contributed by atoms with Gasteiger partial charge in [0.1, 0.15) is 11.3 Å². The van der Waals surface area contributed by atoms with Gasteiger partial charge in [-0.2, -0.15) is 5.10 Å². The van der Waals surface area contributed by atoms with Crippen LogP contribution in [0.2, 0.25) is 0 Å². The minimum Gasteiger partial charge on any atom is -0.507 e. The quantitative estimate of drug-likeness (QED) is 0.484. The van der Waals surface area contributed by atoms with Gasteiger partial charge in [-0.1, -0.05) is 28.1 Å². The Morgan fingerprint density at radius 3 is 2.78 bits per heavy atom. The van der Waals surface area contributed by atoms with Crippen LogP contribution in [0, 0.1) is 17.0 Å². The van der Waals surface area contributed by atoms with Gasteiger partial charge in [0, 0.05) is 16.1 Å². The molecule has 0 atom stereocenters. The molecule has 2 aromatic carbocycles. The fourth-order valence-electron chi connectivity index (χ4n) is 1.91. The molecule has 0 saturated heterocycles. The number of para-hydroxylation sites is 1. The number of nitro benzene ring substituents is 1. The number of aromatic hydroxyl groups is 1. The number of nitrogens with one attached hydrogen (secondary N) is 1. The minimum atomic E-state index is -0.709. The van der Waals surface area contributed by atoms with Crippen LogP contribution in [0.25, 0.3) is 0 Å². The third-order valence-electron chi connectivity index (χ3n) is 3.01. The summed E-state index contributed by atoms with van der Waals surface area (Å²) in [7, 11) is 0. The SMILES string of the molecule is Cc1cc(Br)cc(/C=N\NC(=O)c2ccccc2[N+](=O)[O-])c1O. The van der Waals surface area contributed by atoms with Crippen molar-refractivity contribution in [2.45, 2.75) is 6.92 Å². The molecule has 0 bridgehead atoms. The number of phenolic OH excluding ortho intramolecular Hbond substituents is 1. The molecule has 0 aromatic heterocycles. The summed E-state index contributed by atoms with van der Waals surface area (Å²) in [5.41, 5.74) is 2.86. The first-order valence-corrected chi connectivity index (χ1v) is 7.25. The molecule has 8 heteroatoms. The first-order valence-electron chi connectivity index (χ1n) is 6.46. The van der Waals surface area contributed by atoms with E-state index >= 15 is 0 Å². The molecule has 2 N–H and O–H groups in total. The summed E-state index contributed by atoms with van der Waals surface area (Å²) < 4.78 is 0.749. The Bertz CT molecular complexity index is 805. The maximum atomic E-state index is 12.0. The number of phenols is 1. The summed E-state index contributed by atoms with van der Waals surface area (Å²) in [5.74, 6) is -0.670. The number of rotatable bonds is 4. The number of benzene rings is 2. The number of hydrogen-bond donors (Lipinski definition) is 2. The maximum absolute atomic E-state index is 12.0. The predicted octanol–water partition coefficient (Wildman–Crippen LogP) is 3.14. The highest BCUT2D eigenvalue weighted by molar-refractivity contribution is 9.10. The number of halogens is 1. The van der Waals surface area contributed by atoms with E-state index in [1.54, 1.807) is 19.1 Å². The second-order valence-electron chi connectivity index (χ2n) is 4.63. The Labute approximate surface area is 139 Å². The van der Waals surface area contributed by atoms with Crippen molar-refractivity contribution in [2.24, 2.45) is 5.10 Å². The van der Waals surface area contributed by atoms with Gasteiger partial charge in [-0.25, -0.2) is 5.43 Å². The van der Waals surface area contributed by atoms with Crippen molar-refractivity contribution in [3.63, 3.8) is 0 Å². The lowest BCUT2D eigenvalue weighted by molar-refractivity contribution is -0.385. The molecular weight excluding hydrogens is 366 g/mol. The Hall–Kier alpha value is -2.74. The highest BCUT2D eigenvalue weighted by atomic mass is 79.9. The second kappa shape index (κ2) is 7.01. The van der Waals surface area contributed by atoms with Crippen molar-refractivity contribution in [2.75, 3.05) is 0 Å². The van der Waals surface area contributed by atoms with Crippen molar-refractivity contribution in [3.05, 3.63) is 67.7 Å². The van der Waals surface area contributed by atoms with Crippen LogP contribution in [-0.4, -0.2) is 22.2 Å². The zero-order valence-corrected chi connectivity index (χ0v) is 13.6. The van der Waals surface area contributed by atoms with Gasteiger partial charge in [0.25, 0.3) is 11.6 Å². The van der Waals surface area contributed by atoms with E-state index in [9.17, 15) is 20.0 Å². The maximum Gasteiger partial charge on any atom is 0.282 e. The monoisotopic (exact) mass is 377 g/mol. The van der Waals surface area contributed by atoms with Gasteiger partial charge in [0.2, 0.25) is 0 Å². The van der Waals surface area contributed by atoms with Crippen molar-refractivity contribution >= 4 is 33.7 Å². The van der Waals surface area contributed by atoms with Gasteiger partial charge >= 0.3 is 0 Å². The number of hydrogen-bond acceptors (Lipinski definition) is 5. The molecule has 0 heterocycles. The van der Waals surface area contributed by atoms with Crippen LogP contribution < -0.4 is 5.43 Å². The third kappa shape index (κ3) is 3.92. The zero-order chi connectivity index (χ0) is 17.0. The number of aryl methyl sites for hydroxylation is 1. The lowest BCUT2D eigenvalue weighted by atomic mass is 10.1. The van der Waals surface area contributed by atoms with Gasteiger partial charge < -0.3 is 5.11 Å². The largest absolute Gasteiger partial charge is 0.507 e. The first-order chi connectivity index (χ1) is 10.9. The van der Waals surface area contributed by atoms with E-state index in [2.05, 4.69) is 26.5 Å². The lowest BCUT2D eigenvalue weighted by Crippen LogP contribution is -2.19. The number of nitrogens with zero attached hydrogens (tertiary/aromatic N) is 2. The summed E-state index contributed by atoms with van der Waals surface area (Å²) in [6.07, 6.45) is 1.26. The molecule has 0 unspecified atom stereocenters. The molecule has 0 aliphatic carbocycles. The number of carbonyl (C=O) groups is 1. The van der Waals surface area contributed by atoms with E-state index < -0.39 is 10.8 Å². The van der Waals surface area contributed by atoms with Crippen LogP contribution in [0.5, 0.6) is 5.75 Å². The highest BCUT2D eigenvalue weighted by Crippen LogP contribution is 2.25.